The molecule has 1 aromatic rings. The number of piperidine rings is 1. The molecule has 0 bridgehead atoms. The quantitative estimate of drug-likeness (QED) is 0.908. The Morgan fingerprint density at radius 2 is 2.26 bits per heavy atom. The summed E-state index contributed by atoms with van der Waals surface area (Å²) in [6.07, 6.45) is 2.23. The van der Waals surface area contributed by atoms with E-state index in [2.05, 4.69) is 5.32 Å². The topological polar surface area (TPSA) is 41.6 Å². The van der Waals surface area contributed by atoms with Crippen LogP contribution >= 0.6 is 0 Å². The number of nitrogens with zero attached hydrogens (tertiary/aromatic N) is 1. The number of methoxy groups -OCH3 is 1. The van der Waals surface area contributed by atoms with Crippen molar-refractivity contribution < 1.29 is 9.53 Å². The monoisotopic (exact) mass is 262 g/mol. The summed E-state index contributed by atoms with van der Waals surface area (Å²) >= 11 is 0. The molecule has 104 valence electrons. The molecule has 4 nitrogen and oxygen atoms in total. The van der Waals surface area contributed by atoms with Gasteiger partial charge in [0.2, 0.25) is 0 Å². The average molecular weight is 262 g/mol. The van der Waals surface area contributed by atoms with Crippen LogP contribution in [0.3, 0.4) is 0 Å². The second-order valence-corrected chi connectivity index (χ2v) is 5.03. The van der Waals surface area contributed by atoms with Crippen LogP contribution in [0.4, 0.5) is 5.69 Å². The first-order valence-electron chi connectivity index (χ1n) is 6.76. The number of benzene rings is 1. The van der Waals surface area contributed by atoms with E-state index >= 15 is 0 Å². The molecule has 1 atom stereocenters. The lowest BCUT2D eigenvalue weighted by atomic mass is 10.0. The van der Waals surface area contributed by atoms with Crippen LogP contribution in [-0.4, -0.2) is 44.2 Å². The fraction of sp³-hybridized carbons (Fsp3) is 0.533. The summed E-state index contributed by atoms with van der Waals surface area (Å²) in [5.74, 6) is 0.113. The van der Waals surface area contributed by atoms with Crippen molar-refractivity contribution in [1.29, 1.82) is 0 Å². The lowest BCUT2D eigenvalue weighted by Crippen LogP contribution is -2.43. The third-order valence-electron chi connectivity index (χ3n) is 3.74. The highest BCUT2D eigenvalue weighted by Gasteiger charge is 2.25. The van der Waals surface area contributed by atoms with Crippen molar-refractivity contribution in [2.24, 2.45) is 0 Å². The van der Waals surface area contributed by atoms with Crippen molar-refractivity contribution in [3.8, 4) is 0 Å². The minimum absolute atomic E-state index is 0.113. The van der Waals surface area contributed by atoms with Crippen LogP contribution in [0.2, 0.25) is 0 Å². The number of anilines is 1. The van der Waals surface area contributed by atoms with E-state index < -0.39 is 0 Å². The fourth-order valence-corrected chi connectivity index (χ4v) is 2.54. The van der Waals surface area contributed by atoms with Gasteiger partial charge in [-0.3, -0.25) is 4.79 Å². The van der Waals surface area contributed by atoms with E-state index in [-0.39, 0.29) is 12.0 Å². The summed E-state index contributed by atoms with van der Waals surface area (Å²) in [5, 5.41) is 3.08. The predicted octanol–water partition coefficient (Wildman–Crippen LogP) is 2.29. The number of carbonyl (C=O) groups is 1. The standard InChI is InChI=1S/C15H22N2O2/c1-11-9-12(16-2)6-7-14(11)15(18)17-8-4-5-13(10-17)19-3/h6-7,9,13,16H,4-5,8,10H2,1-3H3. The van der Waals surface area contributed by atoms with Gasteiger partial charge in [0.1, 0.15) is 0 Å². The normalized spacial score (nSPS) is 19.3. The van der Waals surface area contributed by atoms with Gasteiger partial charge in [-0.25, -0.2) is 0 Å². The first-order chi connectivity index (χ1) is 9.15. The molecule has 2 rings (SSSR count). The zero-order chi connectivity index (χ0) is 13.8. The molecule has 1 aliphatic heterocycles. The highest BCUT2D eigenvalue weighted by atomic mass is 16.5. The third-order valence-corrected chi connectivity index (χ3v) is 3.74. The lowest BCUT2D eigenvalue weighted by Gasteiger charge is -2.32. The number of nitrogens with one attached hydrogen (secondary N) is 1. The molecule has 1 N–H and O–H groups in total. The molecule has 0 spiro atoms. The number of hydrogen-bond acceptors (Lipinski definition) is 3. The van der Waals surface area contributed by atoms with E-state index in [1.807, 2.05) is 37.1 Å². The maximum absolute atomic E-state index is 12.5. The molecule has 0 aliphatic carbocycles. The van der Waals surface area contributed by atoms with Crippen LogP contribution in [0, 0.1) is 6.92 Å². The van der Waals surface area contributed by atoms with Crippen LogP contribution in [0.15, 0.2) is 18.2 Å². The highest BCUT2D eigenvalue weighted by Crippen LogP contribution is 2.20. The molecule has 0 aromatic heterocycles. The summed E-state index contributed by atoms with van der Waals surface area (Å²) in [4.78, 5) is 14.4. The van der Waals surface area contributed by atoms with Gasteiger partial charge in [-0.15, -0.1) is 0 Å². The summed E-state index contributed by atoms with van der Waals surface area (Å²) in [6.45, 7) is 3.50. The number of likely N-dealkylation sites (tertiary alicyclic amines) is 1. The summed E-state index contributed by atoms with van der Waals surface area (Å²) < 4.78 is 5.37. The molecule has 1 fully saturated rings. The van der Waals surface area contributed by atoms with Crippen molar-refractivity contribution in [2.75, 3.05) is 32.6 Å². The molecule has 1 aliphatic rings. The molecule has 4 heteroatoms. The number of rotatable bonds is 3. The SMILES string of the molecule is CNc1ccc(C(=O)N2CCCC(OC)C2)c(C)c1. The Morgan fingerprint density at radius 3 is 2.89 bits per heavy atom. The summed E-state index contributed by atoms with van der Waals surface area (Å²) in [5.41, 5.74) is 2.83. The van der Waals surface area contributed by atoms with Crippen molar-refractivity contribution in [3.05, 3.63) is 29.3 Å². The Hall–Kier alpha value is -1.55. The van der Waals surface area contributed by atoms with Gasteiger partial charge in [-0.2, -0.15) is 0 Å². The Kier molecular flexibility index (Phi) is 4.43. The smallest absolute Gasteiger partial charge is 0.254 e. The molecule has 1 amide bonds. The molecule has 0 saturated carbocycles. The van der Waals surface area contributed by atoms with E-state index in [0.29, 0.717) is 6.54 Å². The predicted molar refractivity (Wildman–Crippen MR) is 76.7 cm³/mol. The number of hydrogen-bond donors (Lipinski definition) is 1. The summed E-state index contributed by atoms with van der Waals surface area (Å²) in [6, 6.07) is 5.85. The number of ether oxygens (including phenoxy) is 1. The van der Waals surface area contributed by atoms with E-state index in [1.165, 1.54) is 0 Å². The molecule has 19 heavy (non-hydrogen) atoms. The zero-order valence-electron chi connectivity index (χ0n) is 11.9. The zero-order valence-corrected chi connectivity index (χ0v) is 11.9. The van der Waals surface area contributed by atoms with Crippen molar-refractivity contribution in [3.63, 3.8) is 0 Å². The average Bonchev–Trinajstić information content (AvgIpc) is 2.46. The molecule has 1 saturated heterocycles. The van der Waals surface area contributed by atoms with E-state index in [4.69, 9.17) is 4.74 Å². The Morgan fingerprint density at radius 1 is 1.47 bits per heavy atom. The largest absolute Gasteiger partial charge is 0.388 e. The molecule has 1 aromatic carbocycles. The van der Waals surface area contributed by atoms with Crippen molar-refractivity contribution in [2.45, 2.75) is 25.9 Å². The first kappa shape index (κ1) is 13.9. The van der Waals surface area contributed by atoms with Gasteiger partial charge in [0.05, 0.1) is 6.10 Å². The minimum atomic E-state index is 0.113. The Balaban J connectivity index is 2.15. The van der Waals surface area contributed by atoms with Crippen LogP contribution < -0.4 is 5.32 Å². The van der Waals surface area contributed by atoms with Gasteiger partial charge in [0, 0.05) is 38.5 Å². The maximum Gasteiger partial charge on any atom is 0.254 e. The van der Waals surface area contributed by atoms with Gasteiger partial charge < -0.3 is 15.0 Å². The molecule has 1 heterocycles. The molecule has 1 unspecified atom stereocenters. The van der Waals surface area contributed by atoms with Crippen molar-refractivity contribution in [1.82, 2.24) is 4.90 Å². The van der Waals surface area contributed by atoms with Crippen LogP contribution in [0.5, 0.6) is 0 Å². The van der Waals surface area contributed by atoms with Crippen LogP contribution in [-0.2, 0) is 4.74 Å². The van der Waals surface area contributed by atoms with Crippen LogP contribution in [0.25, 0.3) is 0 Å². The highest BCUT2D eigenvalue weighted by molar-refractivity contribution is 5.96. The molecule has 0 radical (unpaired) electrons. The van der Waals surface area contributed by atoms with Crippen molar-refractivity contribution >= 4 is 11.6 Å². The van der Waals surface area contributed by atoms with Gasteiger partial charge in [0.25, 0.3) is 5.91 Å². The number of aryl methyl sites for hydroxylation is 1. The van der Waals surface area contributed by atoms with Gasteiger partial charge in [-0.1, -0.05) is 0 Å². The second-order valence-electron chi connectivity index (χ2n) is 5.03. The van der Waals surface area contributed by atoms with Gasteiger partial charge in [0.15, 0.2) is 0 Å². The molecular weight excluding hydrogens is 240 g/mol. The van der Waals surface area contributed by atoms with Gasteiger partial charge >= 0.3 is 0 Å². The van der Waals surface area contributed by atoms with E-state index in [9.17, 15) is 4.79 Å². The minimum Gasteiger partial charge on any atom is -0.388 e. The van der Waals surface area contributed by atoms with E-state index in [0.717, 1.165) is 36.2 Å². The van der Waals surface area contributed by atoms with Gasteiger partial charge in [-0.05, 0) is 43.5 Å². The first-order valence-corrected chi connectivity index (χ1v) is 6.76. The Labute approximate surface area is 114 Å². The number of carbonyl (C=O) groups excluding carboxylic acids is 1. The van der Waals surface area contributed by atoms with E-state index in [1.54, 1.807) is 7.11 Å². The molecular formula is C15H22N2O2. The summed E-state index contributed by atoms with van der Waals surface area (Å²) in [7, 11) is 3.59. The fourth-order valence-electron chi connectivity index (χ4n) is 2.54. The third kappa shape index (κ3) is 3.07. The number of amides is 1. The lowest BCUT2D eigenvalue weighted by molar-refractivity contribution is 0.0268. The Bertz CT molecular complexity index is 459. The second kappa shape index (κ2) is 6.06. The van der Waals surface area contributed by atoms with Crippen LogP contribution in [0.1, 0.15) is 28.8 Å². The maximum atomic E-state index is 12.5.